The second-order valence-electron chi connectivity index (χ2n) is 6.84. The highest BCUT2D eigenvalue weighted by Crippen LogP contribution is 2.42. The van der Waals surface area contributed by atoms with Crippen molar-refractivity contribution in [2.45, 2.75) is 17.9 Å². The predicted octanol–water partition coefficient (Wildman–Crippen LogP) is 5.03. The van der Waals surface area contributed by atoms with Crippen molar-refractivity contribution >= 4 is 45.1 Å². The Labute approximate surface area is 175 Å². The SMILES string of the molecule is CSc1ccc(C2c3c(oc4ccc(C)cc4c3=O)C(=O)N2c2nccs2)cc1. The highest BCUT2D eigenvalue weighted by molar-refractivity contribution is 7.98. The lowest BCUT2D eigenvalue weighted by Crippen LogP contribution is -2.29. The van der Waals surface area contributed by atoms with Gasteiger partial charge >= 0.3 is 0 Å². The lowest BCUT2D eigenvalue weighted by molar-refractivity contribution is 0.0971. The summed E-state index contributed by atoms with van der Waals surface area (Å²) in [4.78, 5) is 33.8. The first-order chi connectivity index (χ1) is 14.1. The number of benzene rings is 2. The van der Waals surface area contributed by atoms with E-state index in [1.807, 2.05) is 55.0 Å². The van der Waals surface area contributed by atoms with Crippen molar-refractivity contribution < 1.29 is 9.21 Å². The van der Waals surface area contributed by atoms with E-state index in [4.69, 9.17) is 4.42 Å². The number of thioether (sulfide) groups is 1. The number of rotatable bonds is 3. The van der Waals surface area contributed by atoms with Crippen LogP contribution in [0.2, 0.25) is 0 Å². The maximum Gasteiger partial charge on any atom is 0.297 e. The predicted molar refractivity (Wildman–Crippen MR) is 116 cm³/mol. The number of nitrogens with zero attached hydrogens (tertiary/aromatic N) is 2. The topological polar surface area (TPSA) is 63.4 Å². The third-order valence-electron chi connectivity index (χ3n) is 5.08. The molecule has 1 atom stereocenters. The molecule has 3 heterocycles. The van der Waals surface area contributed by atoms with Crippen LogP contribution in [0.5, 0.6) is 0 Å². The van der Waals surface area contributed by atoms with Crippen LogP contribution in [0.4, 0.5) is 5.13 Å². The molecule has 0 saturated carbocycles. The number of carbonyl (C=O) groups excluding carboxylic acids is 1. The minimum Gasteiger partial charge on any atom is -0.450 e. The van der Waals surface area contributed by atoms with E-state index in [1.165, 1.54) is 11.3 Å². The highest BCUT2D eigenvalue weighted by Gasteiger charge is 2.44. The standard InChI is InChI=1S/C22H16N2O3S2/c1-12-3-8-16-15(11-12)19(25)17-18(13-4-6-14(28-2)7-5-13)24(21(26)20(17)27-16)22-23-9-10-29-22/h3-11,18H,1-2H3. The number of aromatic nitrogens is 1. The molecule has 2 aromatic carbocycles. The van der Waals surface area contributed by atoms with Gasteiger partial charge in [0.25, 0.3) is 5.91 Å². The zero-order valence-corrected chi connectivity index (χ0v) is 17.3. The summed E-state index contributed by atoms with van der Waals surface area (Å²) in [7, 11) is 0. The van der Waals surface area contributed by atoms with Gasteiger partial charge in [0.15, 0.2) is 10.6 Å². The summed E-state index contributed by atoms with van der Waals surface area (Å²) in [5, 5.41) is 2.84. The minimum atomic E-state index is -0.569. The molecule has 29 heavy (non-hydrogen) atoms. The molecule has 1 unspecified atom stereocenters. The fourth-order valence-electron chi connectivity index (χ4n) is 3.72. The van der Waals surface area contributed by atoms with Gasteiger partial charge in [0.2, 0.25) is 5.76 Å². The van der Waals surface area contributed by atoms with Crippen LogP contribution in [-0.2, 0) is 0 Å². The van der Waals surface area contributed by atoms with E-state index in [0.717, 1.165) is 16.0 Å². The van der Waals surface area contributed by atoms with E-state index >= 15 is 0 Å². The molecular formula is C22H16N2O3S2. The first kappa shape index (κ1) is 18.1. The van der Waals surface area contributed by atoms with Crippen LogP contribution < -0.4 is 10.3 Å². The van der Waals surface area contributed by atoms with Gasteiger partial charge in [-0.15, -0.1) is 23.1 Å². The summed E-state index contributed by atoms with van der Waals surface area (Å²) in [5.41, 5.74) is 2.44. The average molecular weight is 421 g/mol. The normalized spacial score (nSPS) is 15.9. The first-order valence-electron chi connectivity index (χ1n) is 9.03. The number of carbonyl (C=O) groups is 1. The van der Waals surface area contributed by atoms with Crippen molar-refractivity contribution in [2.75, 3.05) is 11.2 Å². The molecule has 0 saturated heterocycles. The van der Waals surface area contributed by atoms with E-state index in [0.29, 0.717) is 21.7 Å². The monoisotopic (exact) mass is 420 g/mol. The number of anilines is 1. The maximum atomic E-state index is 13.5. The van der Waals surface area contributed by atoms with Crippen molar-refractivity contribution in [1.82, 2.24) is 4.98 Å². The Kier molecular flexibility index (Phi) is 4.29. The molecule has 5 rings (SSSR count). The number of fused-ring (bicyclic) bond motifs is 2. The molecule has 144 valence electrons. The van der Waals surface area contributed by atoms with Crippen LogP contribution in [0, 0.1) is 6.92 Å². The van der Waals surface area contributed by atoms with Gasteiger partial charge in [0, 0.05) is 16.5 Å². The Bertz CT molecular complexity index is 1290. The van der Waals surface area contributed by atoms with Gasteiger partial charge in [-0.1, -0.05) is 23.8 Å². The number of amides is 1. The summed E-state index contributed by atoms with van der Waals surface area (Å²) in [5.74, 6) is -0.242. The van der Waals surface area contributed by atoms with Gasteiger partial charge in [-0.05, 0) is 43.0 Å². The quantitative estimate of drug-likeness (QED) is 0.435. The molecule has 1 aliphatic rings. The largest absolute Gasteiger partial charge is 0.450 e. The summed E-state index contributed by atoms with van der Waals surface area (Å²) >= 11 is 3.00. The van der Waals surface area contributed by atoms with E-state index < -0.39 is 6.04 Å². The molecule has 7 heteroatoms. The summed E-state index contributed by atoms with van der Waals surface area (Å²) in [6.45, 7) is 1.93. The van der Waals surface area contributed by atoms with Crippen LogP contribution in [0.15, 0.2) is 68.1 Å². The molecule has 2 aromatic heterocycles. The van der Waals surface area contributed by atoms with Crippen LogP contribution >= 0.6 is 23.1 Å². The second kappa shape index (κ2) is 6.86. The first-order valence-corrected chi connectivity index (χ1v) is 11.1. The zero-order chi connectivity index (χ0) is 20.1. The van der Waals surface area contributed by atoms with Gasteiger partial charge in [-0.3, -0.25) is 14.5 Å². The van der Waals surface area contributed by atoms with Crippen LogP contribution in [0.25, 0.3) is 11.0 Å². The number of thiazole rings is 1. The lowest BCUT2D eigenvalue weighted by Gasteiger charge is -2.22. The fourth-order valence-corrected chi connectivity index (χ4v) is 4.80. The summed E-state index contributed by atoms with van der Waals surface area (Å²) < 4.78 is 5.96. The van der Waals surface area contributed by atoms with Crippen molar-refractivity contribution in [3.8, 4) is 0 Å². The third kappa shape index (κ3) is 2.81. The molecule has 0 spiro atoms. The van der Waals surface area contributed by atoms with Crippen molar-refractivity contribution in [2.24, 2.45) is 0 Å². The Morgan fingerprint density at radius 3 is 2.62 bits per heavy atom. The van der Waals surface area contributed by atoms with Crippen LogP contribution in [0.3, 0.4) is 0 Å². The van der Waals surface area contributed by atoms with Crippen LogP contribution in [-0.4, -0.2) is 17.1 Å². The summed E-state index contributed by atoms with van der Waals surface area (Å²) in [6.07, 6.45) is 3.66. The maximum absolute atomic E-state index is 13.5. The fraction of sp³-hybridized carbons (Fsp3) is 0.136. The molecule has 5 nitrogen and oxygen atoms in total. The molecule has 1 amide bonds. The molecule has 0 N–H and O–H groups in total. The molecule has 0 radical (unpaired) electrons. The molecule has 0 aliphatic carbocycles. The Morgan fingerprint density at radius 1 is 1.14 bits per heavy atom. The summed E-state index contributed by atoms with van der Waals surface area (Å²) in [6, 6.07) is 12.8. The highest BCUT2D eigenvalue weighted by atomic mass is 32.2. The molecule has 0 fully saturated rings. The van der Waals surface area contributed by atoms with E-state index in [2.05, 4.69) is 4.98 Å². The van der Waals surface area contributed by atoms with Gasteiger partial charge in [0.05, 0.1) is 17.0 Å². The average Bonchev–Trinajstić information content (AvgIpc) is 3.35. The van der Waals surface area contributed by atoms with Crippen molar-refractivity contribution in [3.05, 3.63) is 86.7 Å². The van der Waals surface area contributed by atoms with E-state index in [9.17, 15) is 9.59 Å². The minimum absolute atomic E-state index is 0.0977. The lowest BCUT2D eigenvalue weighted by atomic mass is 9.98. The molecular weight excluding hydrogens is 404 g/mol. The Balaban J connectivity index is 1.80. The van der Waals surface area contributed by atoms with Gasteiger partial charge in [-0.2, -0.15) is 0 Å². The van der Waals surface area contributed by atoms with E-state index in [-0.39, 0.29) is 17.1 Å². The molecule has 1 aliphatic heterocycles. The van der Waals surface area contributed by atoms with E-state index in [1.54, 1.807) is 28.9 Å². The second-order valence-corrected chi connectivity index (χ2v) is 8.59. The number of hydrogen-bond acceptors (Lipinski definition) is 6. The van der Waals surface area contributed by atoms with Gasteiger partial charge in [-0.25, -0.2) is 4.98 Å². The molecule has 0 bridgehead atoms. The van der Waals surface area contributed by atoms with Crippen molar-refractivity contribution in [3.63, 3.8) is 0 Å². The Morgan fingerprint density at radius 2 is 1.93 bits per heavy atom. The smallest absolute Gasteiger partial charge is 0.297 e. The third-order valence-corrected chi connectivity index (χ3v) is 6.60. The molecule has 4 aromatic rings. The number of hydrogen-bond donors (Lipinski definition) is 0. The zero-order valence-electron chi connectivity index (χ0n) is 15.7. The van der Waals surface area contributed by atoms with Crippen LogP contribution in [0.1, 0.15) is 33.3 Å². The Hall–Kier alpha value is -2.90. The van der Waals surface area contributed by atoms with Crippen molar-refractivity contribution in [1.29, 1.82) is 0 Å². The van der Waals surface area contributed by atoms with Gasteiger partial charge in [0.1, 0.15) is 5.58 Å². The van der Waals surface area contributed by atoms with Gasteiger partial charge < -0.3 is 4.42 Å². The number of aryl methyl sites for hydroxylation is 1.